The highest BCUT2D eigenvalue weighted by Crippen LogP contribution is 2.26. The monoisotopic (exact) mass is 317 g/mol. The molecule has 0 spiro atoms. The molecule has 0 bridgehead atoms. The van der Waals surface area contributed by atoms with Crippen LogP contribution in [-0.4, -0.2) is 34.1 Å². The normalized spacial score (nSPS) is 15.5. The summed E-state index contributed by atoms with van der Waals surface area (Å²) < 4.78 is 12.7. The first-order valence-electron chi connectivity index (χ1n) is 7.37. The number of hydrogen-bond acceptors (Lipinski definition) is 3. The first-order chi connectivity index (χ1) is 10.5. The Kier molecular flexibility index (Phi) is 5.89. The van der Waals surface area contributed by atoms with Crippen molar-refractivity contribution in [2.24, 2.45) is 0 Å². The second-order valence-corrected chi connectivity index (χ2v) is 7.08. The predicted octanol–water partition coefficient (Wildman–Crippen LogP) is 3.15. The van der Waals surface area contributed by atoms with Crippen LogP contribution in [-0.2, 0) is 10.8 Å². The Morgan fingerprint density at radius 3 is 2.27 bits per heavy atom. The summed E-state index contributed by atoms with van der Waals surface area (Å²) >= 11 is 0. The van der Waals surface area contributed by atoms with Crippen LogP contribution in [0, 0.1) is 0 Å². The van der Waals surface area contributed by atoms with Gasteiger partial charge in [0.05, 0.1) is 22.7 Å². The van der Waals surface area contributed by atoms with Gasteiger partial charge in [-0.1, -0.05) is 48.5 Å². The molecular weight excluding hydrogens is 294 g/mol. The molecule has 0 aliphatic rings. The molecule has 3 atom stereocenters. The number of aliphatic hydroxyl groups excluding tert-OH is 1. The molecule has 4 heteroatoms. The molecule has 1 N–H and O–H groups in total. The van der Waals surface area contributed by atoms with Crippen LogP contribution in [0.4, 0.5) is 0 Å². The summed E-state index contributed by atoms with van der Waals surface area (Å²) in [5.74, 6) is 0.209. The SMILES string of the molecule is C[C@H](c1ccccc1[S@@](=O)C[C@@H](O)c1ccccc1)N(C)C. The molecule has 118 valence electrons. The van der Waals surface area contributed by atoms with E-state index in [1.165, 1.54) is 0 Å². The standard InChI is InChI=1S/C18H23NO2S/c1-14(19(2)3)16-11-7-8-12-18(16)22(21)13-17(20)15-9-5-4-6-10-15/h4-12,14,17,20H,13H2,1-3H3/t14-,17-,22+/m1/s1. The molecular formula is C18H23NO2S. The lowest BCUT2D eigenvalue weighted by Gasteiger charge is -2.23. The summed E-state index contributed by atoms with van der Waals surface area (Å²) in [5.41, 5.74) is 1.85. The van der Waals surface area contributed by atoms with Crippen LogP contribution in [0.3, 0.4) is 0 Å². The van der Waals surface area contributed by atoms with Crippen molar-refractivity contribution in [3.8, 4) is 0 Å². The highest BCUT2D eigenvalue weighted by Gasteiger charge is 2.19. The molecule has 0 saturated carbocycles. The first kappa shape index (κ1) is 16.9. The van der Waals surface area contributed by atoms with E-state index in [2.05, 4.69) is 11.8 Å². The Bertz CT molecular complexity index is 628. The third kappa shape index (κ3) is 4.03. The smallest absolute Gasteiger partial charge is 0.0908 e. The molecule has 0 heterocycles. The highest BCUT2D eigenvalue weighted by molar-refractivity contribution is 7.85. The van der Waals surface area contributed by atoms with Crippen molar-refractivity contribution >= 4 is 10.8 Å². The van der Waals surface area contributed by atoms with E-state index in [0.29, 0.717) is 0 Å². The lowest BCUT2D eigenvalue weighted by Crippen LogP contribution is -2.19. The summed E-state index contributed by atoms with van der Waals surface area (Å²) in [7, 11) is 2.77. The van der Waals surface area contributed by atoms with Gasteiger partial charge in [0, 0.05) is 10.9 Å². The van der Waals surface area contributed by atoms with Gasteiger partial charge in [-0.3, -0.25) is 4.21 Å². The summed E-state index contributed by atoms with van der Waals surface area (Å²) in [5, 5.41) is 10.3. The van der Waals surface area contributed by atoms with E-state index >= 15 is 0 Å². The highest BCUT2D eigenvalue weighted by atomic mass is 32.2. The minimum Gasteiger partial charge on any atom is -0.387 e. The Hall–Kier alpha value is -1.49. The van der Waals surface area contributed by atoms with Gasteiger partial charge in [-0.2, -0.15) is 0 Å². The minimum absolute atomic E-state index is 0.175. The molecule has 0 amide bonds. The second kappa shape index (κ2) is 7.68. The van der Waals surface area contributed by atoms with Crippen LogP contribution >= 0.6 is 0 Å². The average Bonchev–Trinajstić information content (AvgIpc) is 2.54. The summed E-state index contributed by atoms with van der Waals surface area (Å²) in [6.45, 7) is 2.09. The quantitative estimate of drug-likeness (QED) is 0.890. The number of nitrogens with zero attached hydrogens (tertiary/aromatic N) is 1. The lowest BCUT2D eigenvalue weighted by molar-refractivity contribution is 0.203. The lowest BCUT2D eigenvalue weighted by atomic mass is 10.1. The molecule has 0 saturated heterocycles. The van der Waals surface area contributed by atoms with Gasteiger partial charge in [0.2, 0.25) is 0 Å². The number of rotatable bonds is 6. The van der Waals surface area contributed by atoms with Gasteiger partial charge < -0.3 is 10.0 Å². The molecule has 2 rings (SSSR count). The minimum atomic E-state index is -1.24. The van der Waals surface area contributed by atoms with Crippen molar-refractivity contribution in [3.63, 3.8) is 0 Å². The van der Waals surface area contributed by atoms with Crippen molar-refractivity contribution in [3.05, 3.63) is 65.7 Å². The molecule has 0 radical (unpaired) electrons. The van der Waals surface area contributed by atoms with Crippen LogP contribution in [0.2, 0.25) is 0 Å². The number of benzene rings is 2. The van der Waals surface area contributed by atoms with Crippen LogP contribution in [0.15, 0.2) is 59.5 Å². The maximum Gasteiger partial charge on any atom is 0.0908 e. The van der Waals surface area contributed by atoms with E-state index in [1.807, 2.05) is 68.7 Å². The Labute approximate surface area is 135 Å². The van der Waals surface area contributed by atoms with Crippen LogP contribution in [0.1, 0.15) is 30.2 Å². The van der Waals surface area contributed by atoms with E-state index in [-0.39, 0.29) is 11.8 Å². The molecule has 0 aliphatic heterocycles. The van der Waals surface area contributed by atoms with Crippen molar-refractivity contribution in [2.45, 2.75) is 24.0 Å². The van der Waals surface area contributed by atoms with Crippen LogP contribution in [0.5, 0.6) is 0 Å². The third-order valence-corrected chi connectivity index (χ3v) is 5.36. The molecule has 0 unspecified atom stereocenters. The van der Waals surface area contributed by atoms with E-state index < -0.39 is 16.9 Å². The van der Waals surface area contributed by atoms with Gasteiger partial charge in [0.1, 0.15) is 0 Å². The summed E-state index contributed by atoms with van der Waals surface area (Å²) in [4.78, 5) is 2.89. The van der Waals surface area contributed by atoms with Gasteiger partial charge >= 0.3 is 0 Å². The van der Waals surface area contributed by atoms with E-state index in [1.54, 1.807) is 0 Å². The third-order valence-electron chi connectivity index (χ3n) is 3.88. The average molecular weight is 317 g/mol. The molecule has 0 fully saturated rings. The van der Waals surface area contributed by atoms with E-state index in [9.17, 15) is 9.32 Å². The zero-order valence-electron chi connectivity index (χ0n) is 13.3. The number of aliphatic hydroxyl groups is 1. The first-order valence-corrected chi connectivity index (χ1v) is 8.69. The van der Waals surface area contributed by atoms with Gasteiger partial charge in [-0.25, -0.2) is 0 Å². The Balaban J connectivity index is 2.20. The topological polar surface area (TPSA) is 40.5 Å². The zero-order valence-corrected chi connectivity index (χ0v) is 14.1. The van der Waals surface area contributed by atoms with Crippen LogP contribution < -0.4 is 0 Å². The van der Waals surface area contributed by atoms with Gasteiger partial charge in [-0.05, 0) is 38.2 Å². The molecule has 3 nitrogen and oxygen atoms in total. The fourth-order valence-corrected chi connectivity index (χ4v) is 3.71. The maximum atomic E-state index is 12.7. The molecule has 2 aromatic carbocycles. The van der Waals surface area contributed by atoms with Crippen molar-refractivity contribution in [2.75, 3.05) is 19.8 Å². The van der Waals surface area contributed by atoms with E-state index in [0.717, 1.165) is 16.0 Å². The van der Waals surface area contributed by atoms with Crippen molar-refractivity contribution in [1.29, 1.82) is 0 Å². The van der Waals surface area contributed by atoms with Gasteiger partial charge in [0.25, 0.3) is 0 Å². The van der Waals surface area contributed by atoms with Crippen LogP contribution in [0.25, 0.3) is 0 Å². The number of hydrogen-bond donors (Lipinski definition) is 1. The van der Waals surface area contributed by atoms with Crippen molar-refractivity contribution in [1.82, 2.24) is 4.90 Å². The molecule has 2 aromatic rings. The van der Waals surface area contributed by atoms with Crippen molar-refractivity contribution < 1.29 is 9.32 Å². The zero-order chi connectivity index (χ0) is 16.1. The summed E-state index contributed by atoms with van der Waals surface area (Å²) in [6, 6.07) is 17.3. The molecule has 0 aliphatic carbocycles. The Morgan fingerprint density at radius 2 is 1.64 bits per heavy atom. The van der Waals surface area contributed by atoms with Gasteiger partial charge in [-0.15, -0.1) is 0 Å². The predicted molar refractivity (Wildman–Crippen MR) is 91.2 cm³/mol. The van der Waals surface area contributed by atoms with E-state index in [4.69, 9.17) is 0 Å². The Morgan fingerprint density at radius 1 is 1.05 bits per heavy atom. The molecule has 0 aromatic heterocycles. The fraction of sp³-hybridized carbons (Fsp3) is 0.333. The largest absolute Gasteiger partial charge is 0.387 e. The molecule has 22 heavy (non-hydrogen) atoms. The summed E-state index contributed by atoms with van der Waals surface area (Å²) in [6.07, 6.45) is -0.718. The second-order valence-electron chi connectivity index (χ2n) is 5.62. The maximum absolute atomic E-state index is 12.7. The van der Waals surface area contributed by atoms with Gasteiger partial charge in [0.15, 0.2) is 0 Å². The fourth-order valence-electron chi connectivity index (χ4n) is 2.32.